The fourth-order valence-corrected chi connectivity index (χ4v) is 2.14. The lowest BCUT2D eigenvalue weighted by Gasteiger charge is -2.08. The minimum Gasteiger partial charge on any atom is -0.493 e. The van der Waals surface area contributed by atoms with Crippen LogP contribution in [0.3, 0.4) is 0 Å². The van der Waals surface area contributed by atoms with Gasteiger partial charge >= 0.3 is 0 Å². The van der Waals surface area contributed by atoms with Crippen LogP contribution in [0.1, 0.15) is 17.5 Å². The molecule has 0 unspecified atom stereocenters. The number of hydrogen-bond donors (Lipinski definition) is 1. The van der Waals surface area contributed by atoms with E-state index in [1.807, 2.05) is 12.1 Å². The van der Waals surface area contributed by atoms with Crippen LogP contribution >= 0.6 is 11.6 Å². The van der Waals surface area contributed by atoms with E-state index in [1.165, 1.54) is 11.1 Å². The summed E-state index contributed by atoms with van der Waals surface area (Å²) in [5.74, 6) is 1.00. The van der Waals surface area contributed by atoms with Crippen molar-refractivity contribution in [2.75, 3.05) is 13.2 Å². The number of benzene rings is 1. The van der Waals surface area contributed by atoms with Crippen molar-refractivity contribution < 1.29 is 4.74 Å². The van der Waals surface area contributed by atoms with Crippen molar-refractivity contribution in [3.05, 3.63) is 28.3 Å². The van der Waals surface area contributed by atoms with Crippen LogP contribution in [0.4, 0.5) is 0 Å². The van der Waals surface area contributed by atoms with Crippen molar-refractivity contribution in [3.63, 3.8) is 0 Å². The van der Waals surface area contributed by atoms with Gasteiger partial charge < -0.3 is 10.5 Å². The maximum absolute atomic E-state index is 6.15. The van der Waals surface area contributed by atoms with Gasteiger partial charge in [-0.1, -0.05) is 11.6 Å². The molecule has 1 heterocycles. The van der Waals surface area contributed by atoms with Crippen LogP contribution < -0.4 is 10.5 Å². The number of halogens is 1. The predicted molar refractivity (Wildman–Crippen MR) is 58.0 cm³/mol. The van der Waals surface area contributed by atoms with E-state index in [4.69, 9.17) is 22.1 Å². The quantitative estimate of drug-likeness (QED) is 0.832. The largest absolute Gasteiger partial charge is 0.493 e. The first-order valence-electron chi connectivity index (χ1n) is 4.96. The third kappa shape index (κ3) is 1.72. The molecule has 1 aliphatic rings. The van der Waals surface area contributed by atoms with Crippen molar-refractivity contribution in [3.8, 4) is 5.75 Å². The van der Waals surface area contributed by atoms with Crippen LogP contribution in [0.2, 0.25) is 5.02 Å². The van der Waals surface area contributed by atoms with Crippen LogP contribution in [0, 0.1) is 0 Å². The monoisotopic (exact) mass is 211 g/mol. The third-order valence-corrected chi connectivity index (χ3v) is 2.93. The smallest absolute Gasteiger partial charge is 0.123 e. The molecule has 0 radical (unpaired) electrons. The number of hydrogen-bond acceptors (Lipinski definition) is 2. The second kappa shape index (κ2) is 4.20. The van der Waals surface area contributed by atoms with Crippen molar-refractivity contribution in [1.29, 1.82) is 0 Å². The molecule has 0 bridgehead atoms. The molecule has 0 saturated carbocycles. The second-order valence-electron chi connectivity index (χ2n) is 3.49. The maximum atomic E-state index is 6.15. The Hall–Kier alpha value is -0.730. The molecule has 0 aromatic heterocycles. The number of fused-ring (bicyclic) bond motifs is 1. The summed E-state index contributed by atoms with van der Waals surface area (Å²) in [7, 11) is 0. The highest BCUT2D eigenvalue weighted by molar-refractivity contribution is 6.31. The second-order valence-corrected chi connectivity index (χ2v) is 3.90. The van der Waals surface area contributed by atoms with Crippen LogP contribution in [0.25, 0.3) is 0 Å². The lowest BCUT2D eigenvalue weighted by molar-refractivity contribution is 0.357. The average Bonchev–Trinajstić information content (AvgIpc) is 2.64. The molecule has 1 aromatic rings. The molecule has 14 heavy (non-hydrogen) atoms. The SMILES string of the molecule is NCCCc1c(Cl)ccc2c1CCO2. The highest BCUT2D eigenvalue weighted by Crippen LogP contribution is 2.33. The third-order valence-electron chi connectivity index (χ3n) is 2.57. The first-order chi connectivity index (χ1) is 6.83. The van der Waals surface area contributed by atoms with E-state index in [0.717, 1.165) is 36.6 Å². The topological polar surface area (TPSA) is 35.2 Å². The molecule has 3 heteroatoms. The minimum absolute atomic E-state index is 0.709. The predicted octanol–water partition coefficient (Wildman–Crippen LogP) is 2.17. The molecule has 1 aromatic carbocycles. The lowest BCUT2D eigenvalue weighted by Crippen LogP contribution is -2.02. The van der Waals surface area contributed by atoms with Gasteiger partial charge in [0.05, 0.1) is 6.61 Å². The summed E-state index contributed by atoms with van der Waals surface area (Å²) in [6.45, 7) is 1.49. The Labute approximate surface area is 89.0 Å². The van der Waals surface area contributed by atoms with Crippen molar-refractivity contribution >= 4 is 11.6 Å². The van der Waals surface area contributed by atoms with E-state index in [-0.39, 0.29) is 0 Å². The van der Waals surface area contributed by atoms with Gasteiger partial charge in [0.2, 0.25) is 0 Å². The summed E-state index contributed by atoms with van der Waals surface area (Å²) in [5.41, 5.74) is 8.01. The lowest BCUT2D eigenvalue weighted by atomic mass is 10.0. The highest BCUT2D eigenvalue weighted by Gasteiger charge is 2.17. The molecule has 0 amide bonds. The summed E-state index contributed by atoms with van der Waals surface area (Å²) in [6.07, 6.45) is 2.92. The molecular weight excluding hydrogens is 198 g/mol. The summed E-state index contributed by atoms with van der Waals surface area (Å²) < 4.78 is 5.48. The molecule has 76 valence electrons. The Bertz CT molecular complexity index is 338. The van der Waals surface area contributed by atoms with Crippen LogP contribution in [-0.4, -0.2) is 13.2 Å². The average molecular weight is 212 g/mol. The van der Waals surface area contributed by atoms with Crippen molar-refractivity contribution in [1.82, 2.24) is 0 Å². The van der Waals surface area contributed by atoms with Gasteiger partial charge in [-0.05, 0) is 37.1 Å². The summed E-state index contributed by atoms with van der Waals surface area (Å²) in [4.78, 5) is 0. The van der Waals surface area contributed by atoms with Gasteiger partial charge in [0.1, 0.15) is 5.75 Å². The molecule has 2 N–H and O–H groups in total. The Morgan fingerprint density at radius 3 is 3.07 bits per heavy atom. The summed E-state index contributed by atoms with van der Waals surface area (Å²) >= 11 is 6.15. The Balaban J connectivity index is 2.31. The van der Waals surface area contributed by atoms with E-state index in [9.17, 15) is 0 Å². The summed E-state index contributed by atoms with van der Waals surface area (Å²) in [6, 6.07) is 3.87. The van der Waals surface area contributed by atoms with Crippen molar-refractivity contribution in [2.45, 2.75) is 19.3 Å². The molecule has 2 nitrogen and oxygen atoms in total. The summed E-state index contributed by atoms with van der Waals surface area (Å²) in [5, 5.41) is 0.850. The normalized spacial score (nSPS) is 13.9. The molecule has 0 aliphatic carbocycles. The van der Waals surface area contributed by atoms with E-state index in [2.05, 4.69) is 0 Å². The van der Waals surface area contributed by atoms with Gasteiger partial charge in [-0.3, -0.25) is 0 Å². The molecular formula is C11H14ClNO. The van der Waals surface area contributed by atoms with Crippen LogP contribution in [-0.2, 0) is 12.8 Å². The number of rotatable bonds is 3. The Kier molecular flexibility index (Phi) is 2.94. The minimum atomic E-state index is 0.709. The van der Waals surface area contributed by atoms with Gasteiger partial charge in [0, 0.05) is 17.0 Å². The van der Waals surface area contributed by atoms with E-state index < -0.39 is 0 Å². The van der Waals surface area contributed by atoms with Crippen molar-refractivity contribution in [2.24, 2.45) is 5.73 Å². The van der Waals surface area contributed by atoms with Gasteiger partial charge in [-0.2, -0.15) is 0 Å². The zero-order valence-corrected chi connectivity index (χ0v) is 8.81. The van der Waals surface area contributed by atoms with Gasteiger partial charge in [-0.15, -0.1) is 0 Å². The Morgan fingerprint density at radius 2 is 2.29 bits per heavy atom. The molecule has 1 aliphatic heterocycles. The zero-order valence-electron chi connectivity index (χ0n) is 8.05. The standard InChI is InChI=1S/C11H14ClNO/c12-10-3-4-11-9(5-7-14-11)8(10)2-1-6-13/h3-4H,1-2,5-7,13H2. The fraction of sp³-hybridized carbons (Fsp3) is 0.455. The number of nitrogens with two attached hydrogens (primary N) is 1. The molecule has 0 spiro atoms. The molecule has 2 rings (SSSR count). The first-order valence-corrected chi connectivity index (χ1v) is 5.34. The highest BCUT2D eigenvalue weighted by atomic mass is 35.5. The first kappa shape index (κ1) is 9.81. The van der Waals surface area contributed by atoms with Crippen LogP contribution in [0.5, 0.6) is 5.75 Å². The van der Waals surface area contributed by atoms with Gasteiger partial charge in [-0.25, -0.2) is 0 Å². The van der Waals surface area contributed by atoms with Gasteiger partial charge in [0.25, 0.3) is 0 Å². The van der Waals surface area contributed by atoms with E-state index in [1.54, 1.807) is 0 Å². The maximum Gasteiger partial charge on any atom is 0.123 e. The Morgan fingerprint density at radius 1 is 1.43 bits per heavy atom. The molecule has 0 saturated heterocycles. The fourth-order valence-electron chi connectivity index (χ4n) is 1.86. The number of ether oxygens (including phenoxy) is 1. The van der Waals surface area contributed by atoms with Gasteiger partial charge in [0.15, 0.2) is 0 Å². The van der Waals surface area contributed by atoms with E-state index >= 15 is 0 Å². The molecule has 0 fully saturated rings. The molecule has 0 atom stereocenters. The van der Waals surface area contributed by atoms with Crippen LogP contribution in [0.15, 0.2) is 12.1 Å². The van der Waals surface area contributed by atoms with E-state index in [0.29, 0.717) is 6.54 Å². The zero-order chi connectivity index (χ0) is 9.97.